The quantitative estimate of drug-likeness (QED) is 0.128. The van der Waals surface area contributed by atoms with Crippen LogP contribution in [0, 0.1) is 0 Å². The molecule has 0 spiro atoms. The zero-order chi connectivity index (χ0) is 60.5. The maximum absolute atomic E-state index is 13.5. The molecule has 2 fully saturated rings. The van der Waals surface area contributed by atoms with Crippen molar-refractivity contribution in [3.63, 3.8) is 0 Å². The molecule has 0 bridgehead atoms. The second kappa shape index (κ2) is 27.2. The minimum Gasteiger partial charge on any atom is -0.872 e. The Morgan fingerprint density at radius 1 is 0.280 bits per heavy atom. The van der Waals surface area contributed by atoms with Gasteiger partial charge in [0.2, 0.25) is 0 Å². The molecule has 2 saturated carbocycles. The van der Waals surface area contributed by atoms with Crippen LogP contribution in [0.2, 0.25) is 0 Å². The Bertz CT molecular complexity index is 2530. The number of aliphatic imine (C=N–C) groups is 4. The number of benzene rings is 4. The standard InChI is InChI=1S/2C36H54N2O2.2Pd/c2*1-33(2,3)25-17-23(31(39)27(19-25)35(7,8)9)21-37-29-15-13-14-16-30(29)38-22-24-18-26(34(4,5)6)20-28(32(24)40)36(10,11)12;;/h2*17-22,29-30,39-40H,13-16H2,1-12H3;;/q;;2*+2/p-4/t2*29-,30-;;/m10../s1. The van der Waals surface area contributed by atoms with Crippen LogP contribution in [0.1, 0.15) is 284 Å². The van der Waals surface area contributed by atoms with Crippen LogP contribution in [0.5, 0.6) is 23.0 Å². The van der Waals surface area contributed by atoms with E-state index in [-0.39, 0.29) is 131 Å². The fourth-order valence-electron chi connectivity index (χ4n) is 10.5. The van der Waals surface area contributed by atoms with E-state index in [0.717, 1.165) is 95.9 Å². The number of hydrogen-bond acceptors (Lipinski definition) is 8. The summed E-state index contributed by atoms with van der Waals surface area (Å²) < 4.78 is 0. The van der Waals surface area contributed by atoms with E-state index in [2.05, 4.69) is 190 Å². The van der Waals surface area contributed by atoms with Crippen molar-refractivity contribution < 1.29 is 61.3 Å². The number of nitrogens with zero attached hydrogens (tertiary/aromatic N) is 4. The van der Waals surface area contributed by atoms with Crippen molar-refractivity contribution in [2.45, 2.75) is 285 Å². The zero-order valence-corrected chi connectivity index (χ0v) is 58.1. The van der Waals surface area contributed by atoms with Gasteiger partial charge in [-0.25, -0.2) is 0 Å². The third kappa shape index (κ3) is 19.0. The smallest absolute Gasteiger partial charge is 0.872 e. The van der Waals surface area contributed by atoms with E-state index in [9.17, 15) is 20.4 Å². The molecule has 0 heterocycles. The first-order valence-corrected chi connectivity index (χ1v) is 30.0. The van der Waals surface area contributed by atoms with Crippen LogP contribution in [0.15, 0.2) is 68.5 Å². The van der Waals surface area contributed by atoms with Crippen molar-refractivity contribution in [1.29, 1.82) is 0 Å². The second-order valence-corrected chi connectivity index (χ2v) is 31.7. The average molecular weight is 1300 g/mol. The van der Waals surface area contributed by atoms with Crippen LogP contribution in [0.4, 0.5) is 0 Å². The summed E-state index contributed by atoms with van der Waals surface area (Å²) in [5, 5.41) is 53.9. The fraction of sp³-hybridized carbons (Fsp3) is 0.611. The van der Waals surface area contributed by atoms with Crippen molar-refractivity contribution in [1.82, 2.24) is 0 Å². The van der Waals surface area contributed by atoms with Crippen LogP contribution in [-0.2, 0) is 84.2 Å². The largest absolute Gasteiger partial charge is 2.00 e. The molecule has 10 heteroatoms. The SMILES string of the molecule is CC(C)(C)c1cc(C=N[C@@H]2CCCC[C@H]2N=Cc2cc(C(C)(C)C)cc(C(C)(C)C)c2[O-])c([O-])c(C(C)(C)C)c1.CC(C)(C)c1cc(C=N[C@H]2CCCC[C@@H]2N=Cc2cc(C(C)(C)C)cc(C(C)(C)C)c2[O-])c([O-])c(C(C)(C)C)c1.[Pd+2].[Pd+2]. The summed E-state index contributed by atoms with van der Waals surface area (Å²) in [7, 11) is 0. The molecule has 456 valence electrons. The van der Waals surface area contributed by atoms with Gasteiger partial charge < -0.3 is 20.4 Å². The molecule has 82 heavy (non-hydrogen) atoms. The Hall–Kier alpha value is -3.92. The first kappa shape index (κ1) is 72.3. The van der Waals surface area contributed by atoms with Crippen LogP contribution in [0.3, 0.4) is 0 Å². The minimum atomic E-state index is -0.248. The van der Waals surface area contributed by atoms with Crippen LogP contribution in [-0.4, -0.2) is 49.0 Å². The zero-order valence-electron chi connectivity index (χ0n) is 54.9. The first-order chi connectivity index (χ1) is 36.4. The molecule has 0 amide bonds. The normalized spacial score (nSPS) is 19.1. The van der Waals surface area contributed by atoms with E-state index < -0.39 is 0 Å². The van der Waals surface area contributed by atoms with Crippen molar-refractivity contribution in [2.24, 2.45) is 20.0 Å². The van der Waals surface area contributed by atoms with Crippen molar-refractivity contribution in [3.05, 3.63) is 115 Å². The summed E-state index contributed by atoms with van der Waals surface area (Å²) >= 11 is 0. The number of rotatable bonds is 8. The summed E-state index contributed by atoms with van der Waals surface area (Å²) in [4.78, 5) is 19.9. The third-order valence-electron chi connectivity index (χ3n) is 16.2. The molecule has 4 aromatic rings. The van der Waals surface area contributed by atoms with Gasteiger partial charge >= 0.3 is 40.8 Å². The van der Waals surface area contributed by atoms with Crippen LogP contribution in [0.25, 0.3) is 0 Å². The van der Waals surface area contributed by atoms with E-state index in [4.69, 9.17) is 20.0 Å². The van der Waals surface area contributed by atoms with Crippen LogP contribution >= 0.6 is 0 Å². The Labute approximate surface area is 525 Å². The van der Waals surface area contributed by atoms with Gasteiger partial charge in [0.1, 0.15) is 0 Å². The van der Waals surface area contributed by atoms with Crippen molar-refractivity contribution in [2.75, 3.05) is 0 Å². The number of hydrogen-bond donors (Lipinski definition) is 0. The van der Waals surface area contributed by atoms with Gasteiger partial charge in [0.15, 0.2) is 0 Å². The average Bonchev–Trinajstić information content (AvgIpc) is 3.30. The van der Waals surface area contributed by atoms with E-state index in [1.54, 1.807) is 24.9 Å². The molecule has 0 radical (unpaired) electrons. The van der Waals surface area contributed by atoms with E-state index >= 15 is 0 Å². The third-order valence-corrected chi connectivity index (χ3v) is 16.2. The molecule has 0 unspecified atom stereocenters. The molecule has 2 aliphatic rings. The fourth-order valence-corrected chi connectivity index (χ4v) is 10.5. The summed E-state index contributed by atoms with van der Waals surface area (Å²) in [6.45, 7) is 51.2. The van der Waals surface area contributed by atoms with E-state index in [1.807, 2.05) is 24.3 Å². The molecular weight excluding hydrogens is 1200 g/mol. The van der Waals surface area contributed by atoms with Gasteiger partial charge in [-0.1, -0.05) is 263 Å². The van der Waals surface area contributed by atoms with Gasteiger partial charge in [-0.2, -0.15) is 0 Å². The molecule has 0 aliphatic heterocycles. The van der Waals surface area contributed by atoms with Gasteiger partial charge in [0, 0.05) is 24.9 Å². The van der Waals surface area contributed by atoms with Gasteiger partial charge in [0.05, 0.1) is 24.2 Å². The summed E-state index contributed by atoms with van der Waals surface area (Å²) in [5.41, 5.74) is 9.24. The summed E-state index contributed by atoms with van der Waals surface area (Å²) in [6, 6.07) is 16.3. The predicted molar refractivity (Wildman–Crippen MR) is 336 cm³/mol. The maximum atomic E-state index is 13.5. The second-order valence-electron chi connectivity index (χ2n) is 31.7. The maximum Gasteiger partial charge on any atom is 2.00 e. The molecule has 8 nitrogen and oxygen atoms in total. The molecule has 4 atom stereocenters. The van der Waals surface area contributed by atoms with Crippen molar-refractivity contribution in [3.8, 4) is 23.0 Å². The molecule has 6 rings (SSSR count). The first-order valence-electron chi connectivity index (χ1n) is 30.0. The Balaban J connectivity index is 0.000000420. The molecule has 2 aliphatic carbocycles. The molecule has 0 N–H and O–H groups in total. The predicted octanol–water partition coefficient (Wildman–Crippen LogP) is 15.7. The topological polar surface area (TPSA) is 142 Å². The molecule has 0 saturated heterocycles. The van der Waals surface area contributed by atoms with Gasteiger partial charge in [-0.3, -0.25) is 20.0 Å². The molecular formula is C72H104N4O4Pd2. The Morgan fingerprint density at radius 3 is 0.573 bits per heavy atom. The van der Waals surface area contributed by atoms with Gasteiger partial charge in [0.25, 0.3) is 0 Å². The van der Waals surface area contributed by atoms with Gasteiger partial charge in [-0.05, 0) is 136 Å². The molecule has 0 aromatic heterocycles. The van der Waals surface area contributed by atoms with Crippen molar-refractivity contribution >= 4 is 24.9 Å². The summed E-state index contributed by atoms with van der Waals surface area (Å²) in [5.74, 6) is 0.240. The minimum absolute atomic E-state index is 0. The van der Waals surface area contributed by atoms with Crippen LogP contribution < -0.4 is 20.4 Å². The Kier molecular flexibility index (Phi) is 24.0. The van der Waals surface area contributed by atoms with E-state index in [1.165, 1.54) is 0 Å². The molecule has 4 aromatic carbocycles. The van der Waals surface area contributed by atoms with Gasteiger partial charge in [-0.15, -0.1) is 0 Å². The van der Waals surface area contributed by atoms with E-state index in [0.29, 0.717) is 22.3 Å². The monoisotopic (exact) mass is 1300 g/mol. The Morgan fingerprint density at radius 2 is 0.439 bits per heavy atom. The summed E-state index contributed by atoms with van der Waals surface area (Å²) in [6.07, 6.45) is 15.3.